The Morgan fingerprint density at radius 1 is 1.44 bits per heavy atom. The highest BCUT2D eigenvalue weighted by molar-refractivity contribution is 7.98. The number of nitrogens with one attached hydrogen (secondary N) is 1. The van der Waals surface area contributed by atoms with Gasteiger partial charge in [-0.15, -0.1) is 0 Å². The molecule has 0 aliphatic carbocycles. The smallest absolute Gasteiger partial charge is 0.0991 e. The van der Waals surface area contributed by atoms with Crippen LogP contribution in [0.5, 0.6) is 0 Å². The second kappa shape index (κ2) is 5.78. The van der Waals surface area contributed by atoms with Crippen LogP contribution < -0.4 is 5.32 Å². The van der Waals surface area contributed by atoms with Gasteiger partial charge >= 0.3 is 0 Å². The zero-order valence-electron chi connectivity index (χ0n) is 9.53. The maximum absolute atomic E-state index is 9.94. The van der Waals surface area contributed by atoms with Crippen molar-refractivity contribution in [2.45, 2.75) is 12.5 Å². The number of nitrogens with zero attached hydrogens (tertiary/aromatic N) is 1. The number of thioether (sulfide) groups is 1. The summed E-state index contributed by atoms with van der Waals surface area (Å²) >= 11 is 1.62. The molecule has 2 N–H and O–H groups in total. The first-order valence-electron chi connectivity index (χ1n) is 5.03. The van der Waals surface area contributed by atoms with Gasteiger partial charge in [0.2, 0.25) is 0 Å². The summed E-state index contributed by atoms with van der Waals surface area (Å²) in [7, 11) is 0. The highest BCUT2D eigenvalue weighted by Gasteiger charge is 2.18. The van der Waals surface area contributed by atoms with E-state index in [1.807, 2.05) is 18.4 Å². The summed E-state index contributed by atoms with van der Waals surface area (Å²) in [6.45, 7) is 2.31. The van der Waals surface area contributed by atoms with Crippen LogP contribution >= 0.6 is 11.8 Å². The van der Waals surface area contributed by atoms with E-state index in [0.717, 1.165) is 5.69 Å². The monoisotopic (exact) mass is 236 g/mol. The number of anilines is 1. The molecule has 0 bridgehead atoms. The molecule has 0 amide bonds. The maximum atomic E-state index is 9.94. The molecule has 16 heavy (non-hydrogen) atoms. The summed E-state index contributed by atoms with van der Waals surface area (Å²) in [5, 5.41) is 21.7. The predicted octanol–water partition coefficient (Wildman–Crippen LogP) is 2.08. The van der Waals surface area contributed by atoms with E-state index in [-0.39, 0.29) is 0 Å². The van der Waals surface area contributed by atoms with E-state index in [1.165, 1.54) is 0 Å². The molecule has 0 spiro atoms. The molecule has 1 atom stereocenters. The second-order valence-corrected chi connectivity index (χ2v) is 4.84. The molecule has 3 nitrogen and oxygen atoms in total. The first-order valence-corrected chi connectivity index (χ1v) is 6.42. The van der Waals surface area contributed by atoms with Crippen LogP contribution in [-0.4, -0.2) is 29.3 Å². The fourth-order valence-electron chi connectivity index (χ4n) is 1.32. The van der Waals surface area contributed by atoms with Gasteiger partial charge in [-0.3, -0.25) is 0 Å². The van der Waals surface area contributed by atoms with E-state index in [1.54, 1.807) is 30.8 Å². The number of hydrogen-bond donors (Lipinski definition) is 2. The van der Waals surface area contributed by atoms with Gasteiger partial charge < -0.3 is 10.4 Å². The van der Waals surface area contributed by atoms with Gasteiger partial charge in [0.25, 0.3) is 0 Å². The summed E-state index contributed by atoms with van der Waals surface area (Å²) in [5.74, 6) is 0.691. The van der Waals surface area contributed by atoms with Crippen LogP contribution in [-0.2, 0) is 0 Å². The Morgan fingerprint density at radius 3 is 2.56 bits per heavy atom. The van der Waals surface area contributed by atoms with Crippen molar-refractivity contribution in [2.75, 3.05) is 23.9 Å². The van der Waals surface area contributed by atoms with Gasteiger partial charge in [-0.1, -0.05) is 0 Å². The Morgan fingerprint density at radius 2 is 2.06 bits per heavy atom. The average Bonchev–Trinajstić information content (AvgIpc) is 2.27. The van der Waals surface area contributed by atoms with Crippen molar-refractivity contribution in [3.8, 4) is 6.07 Å². The molecule has 0 saturated heterocycles. The molecule has 0 saturated carbocycles. The molecule has 0 aliphatic heterocycles. The molecule has 0 radical (unpaired) electrons. The van der Waals surface area contributed by atoms with Crippen molar-refractivity contribution in [2.24, 2.45) is 0 Å². The summed E-state index contributed by atoms with van der Waals surface area (Å²) < 4.78 is 0. The molecule has 0 aromatic heterocycles. The summed E-state index contributed by atoms with van der Waals surface area (Å²) in [6, 6.07) is 9.26. The van der Waals surface area contributed by atoms with Crippen molar-refractivity contribution in [1.29, 1.82) is 5.26 Å². The van der Waals surface area contributed by atoms with Crippen LogP contribution in [0.15, 0.2) is 24.3 Å². The van der Waals surface area contributed by atoms with Gasteiger partial charge in [-0.25, -0.2) is 0 Å². The maximum Gasteiger partial charge on any atom is 0.0991 e. The van der Waals surface area contributed by atoms with Crippen LogP contribution in [0.1, 0.15) is 12.5 Å². The number of benzene rings is 1. The highest BCUT2D eigenvalue weighted by atomic mass is 32.2. The summed E-state index contributed by atoms with van der Waals surface area (Å²) in [6.07, 6.45) is 1.97. The van der Waals surface area contributed by atoms with Crippen molar-refractivity contribution in [1.82, 2.24) is 0 Å². The van der Waals surface area contributed by atoms with Crippen LogP contribution in [0.2, 0.25) is 0 Å². The molecule has 4 heteroatoms. The Bertz CT molecular complexity index is 368. The predicted molar refractivity (Wildman–Crippen MR) is 68.7 cm³/mol. The van der Waals surface area contributed by atoms with Crippen LogP contribution in [0.25, 0.3) is 0 Å². The highest BCUT2D eigenvalue weighted by Crippen LogP contribution is 2.14. The standard InChI is InChI=1S/C12H16N2OS/c1-12(15,9-16-2)8-14-11-5-3-10(7-13)4-6-11/h3-6,14-15H,8-9H2,1-2H3. The Kier molecular flexibility index (Phi) is 4.66. The third-order valence-electron chi connectivity index (χ3n) is 2.14. The molecule has 86 valence electrons. The van der Waals surface area contributed by atoms with Gasteiger partial charge in [-0.2, -0.15) is 17.0 Å². The number of hydrogen-bond acceptors (Lipinski definition) is 4. The fourth-order valence-corrected chi connectivity index (χ4v) is 2.04. The van der Waals surface area contributed by atoms with Crippen molar-refractivity contribution < 1.29 is 5.11 Å². The lowest BCUT2D eigenvalue weighted by molar-refractivity contribution is 0.0997. The Labute approximate surface area is 100 Å². The molecule has 1 aromatic carbocycles. The molecule has 0 heterocycles. The number of rotatable bonds is 5. The van der Waals surface area contributed by atoms with Crippen molar-refractivity contribution in [3.63, 3.8) is 0 Å². The quantitative estimate of drug-likeness (QED) is 0.822. The Hall–Kier alpha value is -1.18. The third kappa shape index (κ3) is 4.13. The minimum absolute atomic E-state index is 0.500. The van der Waals surface area contributed by atoms with Crippen molar-refractivity contribution in [3.05, 3.63) is 29.8 Å². The summed E-state index contributed by atoms with van der Waals surface area (Å²) in [5.41, 5.74) is 0.842. The molecular weight excluding hydrogens is 220 g/mol. The SMILES string of the molecule is CSCC(C)(O)CNc1ccc(C#N)cc1. The normalized spacial score (nSPS) is 13.9. The van der Waals surface area contributed by atoms with Crippen LogP contribution in [0, 0.1) is 11.3 Å². The molecule has 1 aromatic rings. The van der Waals surface area contributed by atoms with Crippen LogP contribution in [0.4, 0.5) is 5.69 Å². The minimum atomic E-state index is -0.715. The fraction of sp³-hybridized carbons (Fsp3) is 0.417. The topological polar surface area (TPSA) is 56.0 Å². The number of nitriles is 1. The van der Waals surface area contributed by atoms with E-state index in [9.17, 15) is 5.11 Å². The largest absolute Gasteiger partial charge is 0.387 e. The van der Waals surface area contributed by atoms with E-state index in [2.05, 4.69) is 11.4 Å². The minimum Gasteiger partial charge on any atom is -0.387 e. The van der Waals surface area contributed by atoms with Crippen LogP contribution in [0.3, 0.4) is 0 Å². The van der Waals surface area contributed by atoms with Gasteiger partial charge in [0, 0.05) is 18.0 Å². The van der Waals surface area contributed by atoms with Gasteiger partial charge in [0.1, 0.15) is 0 Å². The Balaban J connectivity index is 2.52. The summed E-state index contributed by atoms with van der Waals surface area (Å²) in [4.78, 5) is 0. The molecule has 0 fully saturated rings. The van der Waals surface area contributed by atoms with E-state index < -0.39 is 5.60 Å². The lowest BCUT2D eigenvalue weighted by atomic mass is 10.1. The lowest BCUT2D eigenvalue weighted by Gasteiger charge is -2.23. The molecular formula is C12H16N2OS. The van der Waals surface area contributed by atoms with Gasteiger partial charge in [0.05, 0.1) is 17.2 Å². The zero-order chi connectivity index (χ0) is 12.0. The van der Waals surface area contributed by atoms with E-state index >= 15 is 0 Å². The first kappa shape index (κ1) is 12.9. The van der Waals surface area contributed by atoms with E-state index in [0.29, 0.717) is 17.9 Å². The molecule has 1 rings (SSSR count). The zero-order valence-corrected chi connectivity index (χ0v) is 10.3. The van der Waals surface area contributed by atoms with Gasteiger partial charge in [0.15, 0.2) is 0 Å². The molecule has 0 aliphatic rings. The third-order valence-corrected chi connectivity index (χ3v) is 3.05. The second-order valence-electron chi connectivity index (χ2n) is 3.97. The molecule has 1 unspecified atom stereocenters. The van der Waals surface area contributed by atoms with Crippen molar-refractivity contribution >= 4 is 17.4 Å². The lowest BCUT2D eigenvalue weighted by Crippen LogP contribution is -2.36. The van der Waals surface area contributed by atoms with E-state index in [4.69, 9.17) is 5.26 Å². The van der Waals surface area contributed by atoms with Gasteiger partial charge in [-0.05, 0) is 37.4 Å². The number of aliphatic hydroxyl groups is 1. The average molecular weight is 236 g/mol. The first-order chi connectivity index (χ1) is 7.57.